The summed E-state index contributed by atoms with van der Waals surface area (Å²) in [6, 6.07) is 27.3. The minimum absolute atomic E-state index is 0.0204. The smallest absolute Gasteiger partial charge is 0.266 e. The summed E-state index contributed by atoms with van der Waals surface area (Å²) in [5.41, 5.74) is 3.47. The van der Waals surface area contributed by atoms with Gasteiger partial charge >= 0.3 is 0 Å². The molecule has 0 aliphatic carbocycles. The number of halogens is 1. The van der Waals surface area contributed by atoms with Gasteiger partial charge in [0.2, 0.25) is 0 Å². The summed E-state index contributed by atoms with van der Waals surface area (Å²) in [7, 11) is 1.55. The van der Waals surface area contributed by atoms with Gasteiger partial charge in [0.15, 0.2) is 11.5 Å². The highest BCUT2D eigenvalue weighted by atomic mass is 79.9. The third kappa shape index (κ3) is 5.76. The highest BCUT2D eigenvalue weighted by molar-refractivity contribution is 9.10. The Morgan fingerprint density at radius 2 is 1.81 bits per heavy atom. The lowest BCUT2D eigenvalue weighted by atomic mass is 10.1. The van der Waals surface area contributed by atoms with Crippen molar-refractivity contribution in [2.45, 2.75) is 20.0 Å². The maximum absolute atomic E-state index is 12.7. The molecule has 36 heavy (non-hydrogen) atoms. The van der Waals surface area contributed by atoms with Gasteiger partial charge < -0.3 is 14.8 Å². The molecule has 0 saturated heterocycles. The number of ether oxygens (including phenoxy) is 2. The Morgan fingerprint density at radius 3 is 2.53 bits per heavy atom. The SMILES string of the molecule is CCc1ccc(NC(=O)/C(C#N)=C/c2cc(Br)c(OCc3cccc4ccccc34)c(OC)c2)cc1. The van der Waals surface area contributed by atoms with Crippen LogP contribution < -0.4 is 14.8 Å². The number of aryl methyl sites for hydroxylation is 1. The van der Waals surface area contributed by atoms with Crippen molar-refractivity contribution in [2.75, 3.05) is 12.4 Å². The fourth-order valence-corrected chi connectivity index (χ4v) is 4.44. The summed E-state index contributed by atoms with van der Waals surface area (Å²) in [5.74, 6) is 0.554. The van der Waals surface area contributed by atoms with Crippen LogP contribution in [-0.4, -0.2) is 13.0 Å². The van der Waals surface area contributed by atoms with Gasteiger partial charge in [-0.3, -0.25) is 4.79 Å². The zero-order chi connectivity index (χ0) is 25.5. The summed E-state index contributed by atoms with van der Waals surface area (Å²) in [6.45, 7) is 2.42. The number of benzene rings is 4. The molecule has 0 atom stereocenters. The molecule has 1 N–H and O–H groups in total. The Morgan fingerprint density at radius 1 is 1.06 bits per heavy atom. The topological polar surface area (TPSA) is 71.4 Å². The van der Waals surface area contributed by atoms with Crippen molar-refractivity contribution in [3.8, 4) is 17.6 Å². The van der Waals surface area contributed by atoms with Crippen LogP contribution >= 0.6 is 15.9 Å². The molecule has 0 aliphatic rings. The summed E-state index contributed by atoms with van der Waals surface area (Å²) in [4.78, 5) is 12.7. The van der Waals surface area contributed by atoms with Gasteiger partial charge in [0.25, 0.3) is 5.91 Å². The molecule has 0 saturated carbocycles. The van der Waals surface area contributed by atoms with Crippen LogP contribution in [0, 0.1) is 11.3 Å². The van der Waals surface area contributed by atoms with E-state index in [9.17, 15) is 10.1 Å². The zero-order valence-electron chi connectivity index (χ0n) is 20.0. The fourth-order valence-electron chi connectivity index (χ4n) is 3.87. The van der Waals surface area contributed by atoms with Gasteiger partial charge in [0.1, 0.15) is 18.2 Å². The molecule has 4 aromatic carbocycles. The fraction of sp³-hybridized carbons (Fsp3) is 0.133. The number of methoxy groups -OCH3 is 1. The molecule has 0 aliphatic heterocycles. The Labute approximate surface area is 219 Å². The van der Waals surface area contributed by atoms with Gasteiger partial charge in [0, 0.05) is 5.69 Å². The molecule has 0 unspecified atom stereocenters. The van der Waals surface area contributed by atoms with Gasteiger partial charge in [-0.1, -0.05) is 61.5 Å². The lowest BCUT2D eigenvalue weighted by molar-refractivity contribution is -0.112. The predicted octanol–water partition coefficient (Wildman–Crippen LogP) is 7.30. The molecule has 0 radical (unpaired) electrons. The van der Waals surface area contributed by atoms with Crippen LogP contribution in [0.2, 0.25) is 0 Å². The molecule has 4 rings (SSSR count). The molecular weight excluding hydrogens is 516 g/mol. The molecular formula is C30H25BrN2O3. The molecule has 4 aromatic rings. The van der Waals surface area contributed by atoms with E-state index in [2.05, 4.69) is 46.4 Å². The van der Waals surface area contributed by atoms with Crippen molar-refractivity contribution in [3.05, 3.63) is 106 Å². The van der Waals surface area contributed by atoms with Gasteiger partial charge in [0.05, 0.1) is 11.6 Å². The largest absolute Gasteiger partial charge is 0.493 e. The van der Waals surface area contributed by atoms with Crippen LogP contribution in [0.15, 0.2) is 88.9 Å². The van der Waals surface area contributed by atoms with E-state index in [1.807, 2.05) is 54.6 Å². The summed E-state index contributed by atoms with van der Waals surface area (Å²) in [5, 5.41) is 14.7. The Hall–Kier alpha value is -4.08. The minimum Gasteiger partial charge on any atom is -0.493 e. The highest BCUT2D eigenvalue weighted by Gasteiger charge is 2.15. The van der Waals surface area contributed by atoms with Gasteiger partial charge in [-0.05, 0) is 80.2 Å². The first-order chi connectivity index (χ1) is 17.5. The molecule has 1 amide bonds. The van der Waals surface area contributed by atoms with Crippen molar-refractivity contribution in [2.24, 2.45) is 0 Å². The van der Waals surface area contributed by atoms with Gasteiger partial charge in [-0.15, -0.1) is 0 Å². The maximum Gasteiger partial charge on any atom is 0.266 e. The number of anilines is 1. The quantitative estimate of drug-likeness (QED) is 0.188. The predicted molar refractivity (Wildman–Crippen MR) is 147 cm³/mol. The van der Waals surface area contributed by atoms with Crippen molar-refractivity contribution in [3.63, 3.8) is 0 Å². The number of fused-ring (bicyclic) bond motifs is 1. The van der Waals surface area contributed by atoms with E-state index in [1.165, 1.54) is 11.6 Å². The lowest BCUT2D eigenvalue weighted by Crippen LogP contribution is -2.13. The second-order valence-corrected chi connectivity index (χ2v) is 8.99. The van der Waals surface area contributed by atoms with Crippen LogP contribution in [0.1, 0.15) is 23.6 Å². The normalized spacial score (nSPS) is 11.1. The lowest BCUT2D eigenvalue weighted by Gasteiger charge is -2.15. The molecule has 0 aromatic heterocycles. The van der Waals surface area contributed by atoms with Crippen LogP contribution in [0.3, 0.4) is 0 Å². The third-order valence-corrected chi connectivity index (χ3v) is 6.39. The number of carbonyl (C=O) groups excluding carboxylic acids is 1. The summed E-state index contributed by atoms with van der Waals surface area (Å²) >= 11 is 3.56. The number of carbonyl (C=O) groups is 1. The van der Waals surface area contributed by atoms with Crippen LogP contribution in [0.25, 0.3) is 16.8 Å². The van der Waals surface area contributed by atoms with E-state index in [4.69, 9.17) is 9.47 Å². The van der Waals surface area contributed by atoms with Crippen molar-refractivity contribution in [1.29, 1.82) is 5.26 Å². The molecule has 5 nitrogen and oxygen atoms in total. The van der Waals surface area contributed by atoms with Gasteiger partial charge in [-0.2, -0.15) is 5.26 Å². The molecule has 0 heterocycles. The average Bonchev–Trinajstić information content (AvgIpc) is 2.91. The number of hydrogen-bond acceptors (Lipinski definition) is 4. The van der Waals surface area contributed by atoms with E-state index >= 15 is 0 Å². The third-order valence-electron chi connectivity index (χ3n) is 5.80. The minimum atomic E-state index is -0.479. The van der Waals surface area contributed by atoms with Crippen molar-refractivity contribution >= 4 is 44.4 Å². The number of amides is 1. The average molecular weight is 541 g/mol. The Balaban J connectivity index is 1.55. The second kappa shape index (κ2) is 11.6. The van der Waals surface area contributed by atoms with E-state index in [0.29, 0.717) is 33.8 Å². The number of nitrogens with zero attached hydrogens (tertiary/aromatic N) is 1. The van der Waals surface area contributed by atoms with Crippen LogP contribution in [-0.2, 0) is 17.8 Å². The number of rotatable bonds is 8. The molecule has 6 heteroatoms. The first kappa shape index (κ1) is 25.0. The van der Waals surface area contributed by atoms with Crippen molar-refractivity contribution in [1.82, 2.24) is 0 Å². The molecule has 180 valence electrons. The van der Waals surface area contributed by atoms with E-state index < -0.39 is 5.91 Å². The summed E-state index contributed by atoms with van der Waals surface area (Å²) in [6.07, 6.45) is 2.44. The highest BCUT2D eigenvalue weighted by Crippen LogP contribution is 2.38. The Bertz CT molecular complexity index is 1470. The second-order valence-electron chi connectivity index (χ2n) is 8.14. The molecule has 0 fully saturated rings. The van der Waals surface area contributed by atoms with Crippen molar-refractivity contribution < 1.29 is 14.3 Å². The van der Waals surface area contributed by atoms with Crippen LogP contribution in [0.4, 0.5) is 5.69 Å². The molecule has 0 bridgehead atoms. The summed E-state index contributed by atoms with van der Waals surface area (Å²) < 4.78 is 12.4. The molecule has 0 spiro atoms. The number of nitrogens with one attached hydrogen (secondary N) is 1. The zero-order valence-corrected chi connectivity index (χ0v) is 21.6. The van der Waals surface area contributed by atoms with Crippen LogP contribution in [0.5, 0.6) is 11.5 Å². The van der Waals surface area contributed by atoms with E-state index in [1.54, 1.807) is 19.2 Å². The van der Waals surface area contributed by atoms with Gasteiger partial charge in [-0.25, -0.2) is 0 Å². The van der Waals surface area contributed by atoms with E-state index in [-0.39, 0.29) is 5.57 Å². The van der Waals surface area contributed by atoms with E-state index in [0.717, 1.165) is 22.8 Å². The first-order valence-corrected chi connectivity index (χ1v) is 12.3. The number of hydrogen-bond donors (Lipinski definition) is 1. The maximum atomic E-state index is 12.7. The first-order valence-electron chi connectivity index (χ1n) is 11.5. The monoisotopic (exact) mass is 540 g/mol. The Kier molecular flexibility index (Phi) is 8.04. The standard InChI is InChI=1S/C30H25BrN2O3/c1-3-20-11-13-25(14-12-20)33-30(34)24(18-32)15-21-16-27(31)29(28(17-21)35-2)36-19-23-9-6-8-22-7-4-5-10-26(22)23/h4-17H,3,19H2,1-2H3,(H,33,34)/b24-15+. The number of nitriles is 1.